The van der Waals surface area contributed by atoms with Crippen LogP contribution in [-0.2, 0) is 0 Å². The average Bonchev–Trinajstić information content (AvgIpc) is 3.14. The fourth-order valence-corrected chi connectivity index (χ4v) is 5.12. The molecule has 3 atom stereocenters. The second-order valence-electron chi connectivity index (χ2n) is 7.86. The van der Waals surface area contributed by atoms with Crippen LogP contribution in [0.25, 0.3) is 0 Å². The number of piperidine rings is 1. The van der Waals surface area contributed by atoms with Crippen molar-refractivity contribution in [2.45, 2.75) is 76.9 Å². The van der Waals surface area contributed by atoms with Crippen molar-refractivity contribution < 1.29 is 4.79 Å². The minimum Gasteiger partial charge on any atom is -0.331 e. The second-order valence-corrected chi connectivity index (χ2v) is 7.86. The molecule has 140 valence electrons. The molecule has 4 rings (SSSR count). The number of hydrogen-bond acceptors (Lipinski definition) is 4. The summed E-state index contributed by atoms with van der Waals surface area (Å²) in [4.78, 5) is 15.4. The zero-order valence-corrected chi connectivity index (χ0v) is 16.1. The van der Waals surface area contributed by atoms with Crippen molar-refractivity contribution in [3.63, 3.8) is 0 Å². The molecule has 1 amide bonds. The summed E-state index contributed by atoms with van der Waals surface area (Å²) >= 11 is 0. The SMILES string of the molecule is Cc1c(C(=O)N2C(C)CC3CCCCC32)nnn1C1CCNCC1.Cl. The number of nitrogens with one attached hydrogen (secondary N) is 1. The molecule has 2 aliphatic heterocycles. The van der Waals surface area contributed by atoms with Gasteiger partial charge in [0.15, 0.2) is 5.69 Å². The van der Waals surface area contributed by atoms with E-state index >= 15 is 0 Å². The minimum absolute atomic E-state index is 0. The van der Waals surface area contributed by atoms with Crippen LogP contribution in [0.3, 0.4) is 0 Å². The van der Waals surface area contributed by atoms with Crippen molar-refractivity contribution in [1.82, 2.24) is 25.2 Å². The van der Waals surface area contributed by atoms with E-state index < -0.39 is 0 Å². The molecule has 0 bridgehead atoms. The van der Waals surface area contributed by atoms with Crippen molar-refractivity contribution in [1.29, 1.82) is 0 Å². The topological polar surface area (TPSA) is 63.1 Å². The van der Waals surface area contributed by atoms with Gasteiger partial charge in [0, 0.05) is 12.1 Å². The molecule has 3 fully saturated rings. The first-order valence-electron chi connectivity index (χ1n) is 9.62. The Labute approximate surface area is 156 Å². The second kappa shape index (κ2) is 7.62. The Bertz CT molecular complexity index is 613. The van der Waals surface area contributed by atoms with E-state index in [2.05, 4.69) is 27.5 Å². The number of halogens is 1. The zero-order chi connectivity index (χ0) is 16.7. The lowest BCUT2D eigenvalue weighted by molar-refractivity contribution is 0.0626. The Balaban J connectivity index is 0.00000182. The van der Waals surface area contributed by atoms with E-state index in [0.717, 1.165) is 44.5 Å². The van der Waals surface area contributed by atoms with Gasteiger partial charge in [0.1, 0.15) is 0 Å². The van der Waals surface area contributed by atoms with Crippen LogP contribution in [0, 0.1) is 12.8 Å². The average molecular weight is 368 g/mol. The maximum atomic E-state index is 13.2. The zero-order valence-electron chi connectivity index (χ0n) is 15.3. The molecule has 1 aliphatic carbocycles. The fourth-order valence-electron chi connectivity index (χ4n) is 5.12. The molecule has 1 aromatic rings. The van der Waals surface area contributed by atoms with Crippen LogP contribution < -0.4 is 5.32 Å². The maximum absolute atomic E-state index is 13.2. The normalized spacial score (nSPS) is 30.0. The van der Waals surface area contributed by atoms with Crippen molar-refractivity contribution in [3.05, 3.63) is 11.4 Å². The van der Waals surface area contributed by atoms with Gasteiger partial charge in [0.2, 0.25) is 0 Å². The van der Waals surface area contributed by atoms with E-state index in [1.807, 2.05) is 11.6 Å². The first-order valence-corrected chi connectivity index (χ1v) is 9.62. The summed E-state index contributed by atoms with van der Waals surface area (Å²) in [5.41, 5.74) is 1.52. The van der Waals surface area contributed by atoms with Crippen molar-refractivity contribution in [3.8, 4) is 0 Å². The van der Waals surface area contributed by atoms with Crippen LogP contribution in [0.5, 0.6) is 0 Å². The highest BCUT2D eigenvalue weighted by Gasteiger charge is 2.43. The predicted molar refractivity (Wildman–Crippen MR) is 99.1 cm³/mol. The molecule has 1 saturated carbocycles. The molecular formula is C18H30ClN5O. The Kier molecular flexibility index (Phi) is 5.68. The van der Waals surface area contributed by atoms with Crippen molar-refractivity contribution >= 4 is 18.3 Å². The molecule has 0 radical (unpaired) electrons. The third-order valence-electron chi connectivity index (χ3n) is 6.36. The number of nitrogens with zero attached hydrogens (tertiary/aromatic N) is 4. The molecule has 25 heavy (non-hydrogen) atoms. The monoisotopic (exact) mass is 367 g/mol. The molecule has 3 unspecified atom stereocenters. The van der Waals surface area contributed by atoms with Crippen molar-refractivity contribution in [2.24, 2.45) is 5.92 Å². The largest absolute Gasteiger partial charge is 0.331 e. The van der Waals surface area contributed by atoms with Gasteiger partial charge < -0.3 is 10.2 Å². The van der Waals surface area contributed by atoms with Gasteiger partial charge in [-0.25, -0.2) is 4.68 Å². The number of hydrogen-bond donors (Lipinski definition) is 1. The first kappa shape index (κ1) is 18.6. The summed E-state index contributed by atoms with van der Waals surface area (Å²) in [6.45, 7) is 6.23. The van der Waals surface area contributed by atoms with Gasteiger partial charge in [0.05, 0.1) is 11.7 Å². The molecule has 3 heterocycles. The lowest BCUT2D eigenvalue weighted by Crippen LogP contribution is -2.42. The van der Waals surface area contributed by atoms with Gasteiger partial charge in [-0.1, -0.05) is 18.1 Å². The van der Waals surface area contributed by atoms with E-state index in [-0.39, 0.29) is 18.3 Å². The summed E-state index contributed by atoms with van der Waals surface area (Å²) in [6, 6.07) is 1.12. The van der Waals surface area contributed by atoms with E-state index in [4.69, 9.17) is 0 Å². The molecular weight excluding hydrogens is 338 g/mol. The molecule has 0 aromatic carbocycles. The van der Waals surface area contributed by atoms with Crippen LogP contribution in [0.1, 0.15) is 74.1 Å². The molecule has 7 heteroatoms. The highest BCUT2D eigenvalue weighted by Crippen LogP contribution is 2.40. The fraction of sp³-hybridized carbons (Fsp3) is 0.833. The van der Waals surface area contributed by atoms with Gasteiger partial charge in [0.25, 0.3) is 5.91 Å². The standard InChI is InChI=1S/C18H29N5O.ClH/c1-12-11-14-5-3-4-6-16(14)22(12)18(24)17-13(2)23(21-20-17)15-7-9-19-10-8-15;/h12,14-16,19H,3-11H2,1-2H3;1H. The number of rotatable bonds is 2. The van der Waals surface area contributed by atoms with Gasteiger partial charge >= 0.3 is 0 Å². The molecule has 2 saturated heterocycles. The van der Waals surface area contributed by atoms with Gasteiger partial charge in [-0.3, -0.25) is 4.79 Å². The third-order valence-corrected chi connectivity index (χ3v) is 6.36. The number of carbonyl (C=O) groups is 1. The minimum atomic E-state index is 0. The number of carbonyl (C=O) groups excluding carboxylic acids is 1. The summed E-state index contributed by atoms with van der Waals surface area (Å²) in [5.74, 6) is 0.798. The number of likely N-dealkylation sites (tertiary alicyclic amines) is 1. The Morgan fingerprint density at radius 3 is 2.64 bits per heavy atom. The molecule has 6 nitrogen and oxygen atoms in total. The van der Waals surface area contributed by atoms with Gasteiger partial charge in [-0.05, 0) is 65.0 Å². The van der Waals surface area contributed by atoms with Crippen LogP contribution in [0.2, 0.25) is 0 Å². The molecule has 0 spiro atoms. The molecule has 1 N–H and O–H groups in total. The smallest absolute Gasteiger partial charge is 0.276 e. The Morgan fingerprint density at radius 2 is 1.88 bits per heavy atom. The Morgan fingerprint density at radius 1 is 1.16 bits per heavy atom. The van der Waals surface area contributed by atoms with Crippen LogP contribution in [0.15, 0.2) is 0 Å². The number of fused-ring (bicyclic) bond motifs is 1. The Hall–Kier alpha value is -1.14. The van der Waals surface area contributed by atoms with Gasteiger partial charge in [-0.15, -0.1) is 17.5 Å². The van der Waals surface area contributed by atoms with E-state index in [9.17, 15) is 4.79 Å². The van der Waals surface area contributed by atoms with Crippen LogP contribution >= 0.6 is 12.4 Å². The number of aromatic nitrogens is 3. The molecule has 3 aliphatic rings. The van der Waals surface area contributed by atoms with Crippen molar-refractivity contribution in [2.75, 3.05) is 13.1 Å². The third kappa shape index (κ3) is 3.31. The molecule has 1 aromatic heterocycles. The quantitative estimate of drug-likeness (QED) is 0.872. The van der Waals surface area contributed by atoms with E-state index in [1.165, 1.54) is 19.3 Å². The van der Waals surface area contributed by atoms with E-state index in [0.29, 0.717) is 29.7 Å². The first-order chi connectivity index (χ1) is 11.7. The predicted octanol–water partition coefficient (Wildman–Crippen LogP) is 2.73. The lowest BCUT2D eigenvalue weighted by Gasteiger charge is -2.33. The summed E-state index contributed by atoms with van der Waals surface area (Å²) in [6.07, 6.45) is 8.27. The maximum Gasteiger partial charge on any atom is 0.276 e. The summed E-state index contributed by atoms with van der Waals surface area (Å²) < 4.78 is 1.99. The lowest BCUT2D eigenvalue weighted by atomic mass is 9.85. The van der Waals surface area contributed by atoms with Crippen LogP contribution in [-0.4, -0.2) is 51.0 Å². The number of amides is 1. The summed E-state index contributed by atoms with van der Waals surface area (Å²) in [7, 11) is 0. The van der Waals surface area contributed by atoms with Gasteiger partial charge in [-0.2, -0.15) is 0 Å². The highest BCUT2D eigenvalue weighted by atomic mass is 35.5. The highest BCUT2D eigenvalue weighted by molar-refractivity contribution is 5.94. The summed E-state index contributed by atoms with van der Waals surface area (Å²) in [5, 5.41) is 12.0. The van der Waals surface area contributed by atoms with E-state index in [1.54, 1.807) is 0 Å². The van der Waals surface area contributed by atoms with Crippen LogP contribution in [0.4, 0.5) is 0 Å².